The summed E-state index contributed by atoms with van der Waals surface area (Å²) in [5, 5.41) is 0. The van der Waals surface area contributed by atoms with Gasteiger partial charge in [0.1, 0.15) is 0 Å². The Kier molecular flexibility index (Phi) is 7.46. The van der Waals surface area contributed by atoms with Crippen molar-refractivity contribution >= 4 is 5.97 Å². The van der Waals surface area contributed by atoms with Crippen molar-refractivity contribution in [3.8, 4) is 5.88 Å². The van der Waals surface area contributed by atoms with Gasteiger partial charge >= 0.3 is 11.8 Å². The van der Waals surface area contributed by atoms with Crippen LogP contribution in [0.3, 0.4) is 0 Å². The Morgan fingerprint density at radius 1 is 1.47 bits per heavy atom. The molecule has 0 saturated carbocycles. The predicted octanol–water partition coefficient (Wildman–Crippen LogP) is -0.740. The molecule has 0 amide bonds. The predicted molar refractivity (Wildman–Crippen MR) is 62.0 cm³/mol. The van der Waals surface area contributed by atoms with Gasteiger partial charge in [-0.1, -0.05) is 19.9 Å². The Balaban J connectivity index is 0.00000256. The molecule has 1 heterocycles. The van der Waals surface area contributed by atoms with Crippen LogP contribution in [0.25, 0.3) is 0 Å². The van der Waals surface area contributed by atoms with E-state index in [-0.39, 0.29) is 23.0 Å². The van der Waals surface area contributed by atoms with Crippen molar-refractivity contribution in [2.24, 2.45) is 0 Å². The van der Waals surface area contributed by atoms with Gasteiger partial charge in [-0.15, -0.1) is 0 Å². The van der Waals surface area contributed by atoms with E-state index in [4.69, 9.17) is 4.74 Å². The lowest BCUT2D eigenvalue weighted by Crippen LogP contribution is -3.00. The second kappa shape index (κ2) is 8.01. The van der Waals surface area contributed by atoms with Gasteiger partial charge in [0.2, 0.25) is 0 Å². The summed E-state index contributed by atoms with van der Waals surface area (Å²) in [6, 6.07) is 5.56. The molecule has 1 rings (SSSR count). The number of ether oxygens (including phenoxy) is 1. The van der Waals surface area contributed by atoms with Crippen LogP contribution in [0, 0.1) is 0 Å². The van der Waals surface area contributed by atoms with Crippen LogP contribution in [0.2, 0.25) is 0 Å². The smallest absolute Gasteiger partial charge is 0.375 e. The van der Waals surface area contributed by atoms with Crippen molar-refractivity contribution in [3.63, 3.8) is 0 Å². The van der Waals surface area contributed by atoms with E-state index in [1.165, 1.54) is 0 Å². The zero-order valence-electron chi connectivity index (χ0n) is 10.3. The summed E-state index contributed by atoms with van der Waals surface area (Å²) in [7, 11) is 0. The molecule has 0 aromatic carbocycles. The standard InChI is InChI=1S/C13H18NO2.BrH/c1-4-5-9-14-10-7-6-8-12(14)16-13(15)11(2)3;/h6-8,10H,2,4-5,9H2,1,3H3;1H/q+1;/p-1. The number of esters is 1. The van der Waals surface area contributed by atoms with Gasteiger partial charge in [-0.2, -0.15) is 4.57 Å². The highest BCUT2D eigenvalue weighted by Crippen LogP contribution is 2.05. The number of carbonyl (C=O) groups is 1. The van der Waals surface area contributed by atoms with Crippen LogP contribution in [-0.2, 0) is 11.3 Å². The number of aryl methyl sites for hydroxylation is 1. The summed E-state index contributed by atoms with van der Waals surface area (Å²) in [5.41, 5.74) is 0.408. The Labute approximate surface area is 113 Å². The number of halogens is 1. The number of pyridine rings is 1. The minimum atomic E-state index is -0.378. The summed E-state index contributed by atoms with van der Waals surface area (Å²) < 4.78 is 7.16. The Morgan fingerprint density at radius 3 is 2.76 bits per heavy atom. The third kappa shape index (κ3) is 5.13. The molecule has 0 N–H and O–H groups in total. The van der Waals surface area contributed by atoms with Crippen LogP contribution in [0.15, 0.2) is 36.5 Å². The van der Waals surface area contributed by atoms with E-state index < -0.39 is 0 Å². The van der Waals surface area contributed by atoms with Crippen molar-refractivity contribution in [1.82, 2.24) is 0 Å². The molecule has 0 fully saturated rings. The Morgan fingerprint density at radius 2 is 2.18 bits per heavy atom. The second-order valence-electron chi connectivity index (χ2n) is 3.76. The normalized spacial score (nSPS) is 9.29. The zero-order chi connectivity index (χ0) is 12.0. The third-order valence-electron chi connectivity index (χ3n) is 2.20. The molecular weight excluding hydrogens is 282 g/mol. The van der Waals surface area contributed by atoms with Crippen LogP contribution in [0.4, 0.5) is 0 Å². The lowest BCUT2D eigenvalue weighted by atomic mass is 10.3. The highest BCUT2D eigenvalue weighted by atomic mass is 79.9. The molecule has 1 aromatic rings. The van der Waals surface area contributed by atoms with Gasteiger partial charge in [-0.3, -0.25) is 0 Å². The number of carbonyl (C=O) groups excluding carboxylic acids is 1. The van der Waals surface area contributed by atoms with Gasteiger partial charge < -0.3 is 21.7 Å². The highest BCUT2D eigenvalue weighted by molar-refractivity contribution is 5.88. The molecule has 0 aliphatic rings. The number of hydrogen-bond acceptors (Lipinski definition) is 2. The molecular formula is C13H18BrNO2. The summed E-state index contributed by atoms with van der Waals surface area (Å²) in [6.07, 6.45) is 4.08. The van der Waals surface area contributed by atoms with Crippen LogP contribution >= 0.6 is 0 Å². The average molecular weight is 300 g/mol. The van der Waals surface area contributed by atoms with Gasteiger partial charge in [0.15, 0.2) is 12.7 Å². The monoisotopic (exact) mass is 299 g/mol. The van der Waals surface area contributed by atoms with Gasteiger partial charge in [0, 0.05) is 18.1 Å². The molecule has 94 valence electrons. The molecule has 0 aliphatic carbocycles. The molecule has 0 saturated heterocycles. The van der Waals surface area contributed by atoms with Gasteiger partial charge in [0.05, 0.1) is 6.07 Å². The van der Waals surface area contributed by atoms with E-state index in [9.17, 15) is 4.79 Å². The molecule has 0 spiro atoms. The quantitative estimate of drug-likeness (QED) is 0.407. The van der Waals surface area contributed by atoms with Crippen LogP contribution in [0.5, 0.6) is 5.88 Å². The van der Waals surface area contributed by atoms with Gasteiger partial charge in [0.25, 0.3) is 0 Å². The molecule has 0 aliphatic heterocycles. The second-order valence-corrected chi connectivity index (χ2v) is 3.76. The molecule has 1 aromatic heterocycles. The van der Waals surface area contributed by atoms with E-state index in [1.807, 2.05) is 22.9 Å². The maximum absolute atomic E-state index is 11.4. The number of aromatic nitrogens is 1. The SMILES string of the molecule is C=C(C)C(=O)Oc1cccc[n+]1CCCC.[Br-]. The molecule has 0 unspecified atom stereocenters. The fraction of sp³-hybridized carbons (Fsp3) is 0.385. The topological polar surface area (TPSA) is 30.2 Å². The number of hydrogen-bond donors (Lipinski definition) is 0. The third-order valence-corrected chi connectivity index (χ3v) is 2.20. The Hall–Kier alpha value is -1.16. The fourth-order valence-electron chi connectivity index (χ4n) is 1.25. The lowest BCUT2D eigenvalue weighted by molar-refractivity contribution is -0.700. The first kappa shape index (κ1) is 15.8. The molecule has 0 atom stereocenters. The van der Waals surface area contributed by atoms with E-state index in [2.05, 4.69) is 13.5 Å². The van der Waals surface area contributed by atoms with Crippen molar-refractivity contribution in [3.05, 3.63) is 36.5 Å². The van der Waals surface area contributed by atoms with Crippen LogP contribution < -0.4 is 26.3 Å². The number of unbranched alkanes of at least 4 members (excludes halogenated alkanes) is 1. The van der Waals surface area contributed by atoms with Gasteiger partial charge in [-0.05, 0) is 13.0 Å². The summed E-state index contributed by atoms with van der Waals surface area (Å²) in [4.78, 5) is 11.4. The fourth-order valence-corrected chi connectivity index (χ4v) is 1.25. The summed E-state index contributed by atoms with van der Waals surface area (Å²) in [5.74, 6) is 0.195. The number of rotatable bonds is 5. The van der Waals surface area contributed by atoms with E-state index >= 15 is 0 Å². The van der Waals surface area contributed by atoms with Crippen LogP contribution in [0.1, 0.15) is 26.7 Å². The highest BCUT2D eigenvalue weighted by Gasteiger charge is 2.14. The Bertz CT molecular complexity index is 391. The molecule has 17 heavy (non-hydrogen) atoms. The van der Waals surface area contributed by atoms with Crippen molar-refractivity contribution < 1.29 is 31.1 Å². The largest absolute Gasteiger partial charge is 1.00 e. The number of nitrogens with zero attached hydrogens (tertiary/aromatic N) is 1. The van der Waals surface area contributed by atoms with E-state index in [0.29, 0.717) is 11.5 Å². The zero-order valence-corrected chi connectivity index (χ0v) is 11.9. The first-order chi connectivity index (χ1) is 7.65. The van der Waals surface area contributed by atoms with E-state index in [1.54, 1.807) is 13.0 Å². The lowest BCUT2D eigenvalue weighted by Gasteiger charge is -2.03. The van der Waals surface area contributed by atoms with Crippen molar-refractivity contribution in [2.45, 2.75) is 33.2 Å². The van der Waals surface area contributed by atoms with Gasteiger partial charge in [-0.25, -0.2) is 4.79 Å². The maximum atomic E-state index is 11.4. The average Bonchev–Trinajstić information content (AvgIpc) is 2.27. The van der Waals surface area contributed by atoms with Crippen LogP contribution in [-0.4, -0.2) is 5.97 Å². The maximum Gasteiger partial charge on any atom is 0.375 e. The molecule has 3 nitrogen and oxygen atoms in total. The summed E-state index contributed by atoms with van der Waals surface area (Å²) in [6.45, 7) is 8.19. The molecule has 4 heteroatoms. The minimum Gasteiger partial charge on any atom is -1.00 e. The summed E-state index contributed by atoms with van der Waals surface area (Å²) >= 11 is 0. The van der Waals surface area contributed by atoms with Crippen molar-refractivity contribution in [1.29, 1.82) is 0 Å². The first-order valence-electron chi connectivity index (χ1n) is 5.51. The van der Waals surface area contributed by atoms with Crippen molar-refractivity contribution in [2.75, 3.05) is 0 Å². The minimum absolute atomic E-state index is 0. The molecule has 0 bridgehead atoms. The first-order valence-corrected chi connectivity index (χ1v) is 5.51. The molecule has 0 radical (unpaired) electrons. The van der Waals surface area contributed by atoms with E-state index in [0.717, 1.165) is 19.4 Å².